The molecule has 110 valence electrons. The number of amides is 1. The molecule has 1 N–H and O–H groups in total. The minimum Gasteiger partial charge on any atom is -0.321 e. The summed E-state index contributed by atoms with van der Waals surface area (Å²) in [6.45, 7) is 3.38. The molecule has 3 nitrogen and oxygen atoms in total. The van der Waals surface area contributed by atoms with E-state index >= 15 is 0 Å². The zero-order chi connectivity index (χ0) is 14.5. The lowest BCUT2D eigenvalue weighted by atomic mass is 10.1. The van der Waals surface area contributed by atoms with Gasteiger partial charge in [0.1, 0.15) is 0 Å². The van der Waals surface area contributed by atoms with Gasteiger partial charge < -0.3 is 5.32 Å². The standard InChI is InChI=1S/C17H20N2OS/c20-17(18-16-8-11-21-13-16)15-6-4-14(5-7-15)12-19-9-2-1-3-10-19/h4-8,11,13H,1-3,9-10,12H2,(H,18,20). The summed E-state index contributed by atoms with van der Waals surface area (Å²) >= 11 is 1.58. The van der Waals surface area contributed by atoms with Crippen molar-refractivity contribution >= 4 is 22.9 Å². The third kappa shape index (κ3) is 3.93. The molecule has 0 bridgehead atoms. The molecule has 21 heavy (non-hydrogen) atoms. The van der Waals surface area contributed by atoms with Crippen LogP contribution < -0.4 is 5.32 Å². The fraction of sp³-hybridized carbons (Fsp3) is 0.353. The van der Waals surface area contributed by atoms with Gasteiger partial charge in [-0.2, -0.15) is 11.3 Å². The molecule has 0 radical (unpaired) electrons. The van der Waals surface area contributed by atoms with Gasteiger partial charge in [0.05, 0.1) is 5.69 Å². The molecule has 1 aromatic carbocycles. The van der Waals surface area contributed by atoms with Crippen molar-refractivity contribution in [3.8, 4) is 0 Å². The van der Waals surface area contributed by atoms with Gasteiger partial charge in [-0.05, 0) is 55.1 Å². The van der Waals surface area contributed by atoms with Crippen LogP contribution in [0.5, 0.6) is 0 Å². The second-order valence-electron chi connectivity index (χ2n) is 5.50. The second kappa shape index (κ2) is 6.87. The smallest absolute Gasteiger partial charge is 0.255 e. The quantitative estimate of drug-likeness (QED) is 0.926. The van der Waals surface area contributed by atoms with Gasteiger partial charge in [0.2, 0.25) is 0 Å². The molecule has 2 heterocycles. The van der Waals surface area contributed by atoms with E-state index in [1.54, 1.807) is 11.3 Å². The van der Waals surface area contributed by atoms with Crippen LogP contribution in [0.3, 0.4) is 0 Å². The number of nitrogens with zero attached hydrogens (tertiary/aromatic N) is 1. The Morgan fingerprint density at radius 2 is 1.86 bits per heavy atom. The van der Waals surface area contributed by atoms with E-state index in [1.807, 2.05) is 29.0 Å². The van der Waals surface area contributed by atoms with Crippen LogP contribution in [0.2, 0.25) is 0 Å². The number of carbonyl (C=O) groups excluding carboxylic acids is 1. The molecule has 1 aliphatic rings. The summed E-state index contributed by atoms with van der Waals surface area (Å²) in [5.74, 6) is -0.0436. The molecular weight excluding hydrogens is 280 g/mol. The van der Waals surface area contributed by atoms with E-state index in [-0.39, 0.29) is 5.91 Å². The van der Waals surface area contributed by atoms with Gasteiger partial charge in [0.25, 0.3) is 5.91 Å². The molecule has 1 amide bonds. The first-order valence-electron chi connectivity index (χ1n) is 7.46. The summed E-state index contributed by atoms with van der Waals surface area (Å²) in [5, 5.41) is 6.79. The molecular formula is C17H20N2OS. The fourth-order valence-corrected chi connectivity index (χ4v) is 3.26. The van der Waals surface area contributed by atoms with Gasteiger partial charge in [-0.25, -0.2) is 0 Å². The highest BCUT2D eigenvalue weighted by molar-refractivity contribution is 7.08. The van der Waals surface area contributed by atoms with Gasteiger partial charge >= 0.3 is 0 Å². The maximum Gasteiger partial charge on any atom is 0.255 e. The zero-order valence-electron chi connectivity index (χ0n) is 12.0. The summed E-state index contributed by atoms with van der Waals surface area (Å²) < 4.78 is 0. The highest BCUT2D eigenvalue weighted by Gasteiger charge is 2.11. The van der Waals surface area contributed by atoms with Crippen molar-refractivity contribution in [1.29, 1.82) is 0 Å². The predicted molar refractivity (Wildman–Crippen MR) is 87.8 cm³/mol. The average Bonchev–Trinajstić information content (AvgIpc) is 3.02. The summed E-state index contributed by atoms with van der Waals surface area (Å²) in [6.07, 6.45) is 3.97. The second-order valence-corrected chi connectivity index (χ2v) is 6.28. The number of carbonyl (C=O) groups is 1. The van der Waals surface area contributed by atoms with Crippen molar-refractivity contribution < 1.29 is 4.79 Å². The summed E-state index contributed by atoms with van der Waals surface area (Å²) in [7, 11) is 0. The number of benzene rings is 1. The Labute approximate surface area is 129 Å². The first-order chi connectivity index (χ1) is 10.3. The van der Waals surface area contributed by atoms with Crippen molar-refractivity contribution in [1.82, 2.24) is 4.90 Å². The molecule has 4 heteroatoms. The van der Waals surface area contributed by atoms with E-state index in [2.05, 4.69) is 22.3 Å². The number of hydrogen-bond donors (Lipinski definition) is 1. The third-order valence-corrected chi connectivity index (χ3v) is 4.53. The van der Waals surface area contributed by atoms with E-state index in [1.165, 1.54) is 37.9 Å². The lowest BCUT2D eigenvalue weighted by Crippen LogP contribution is -2.29. The van der Waals surface area contributed by atoms with Gasteiger partial charge in [-0.1, -0.05) is 18.6 Å². The molecule has 0 saturated carbocycles. The highest BCUT2D eigenvalue weighted by Crippen LogP contribution is 2.16. The van der Waals surface area contributed by atoms with E-state index in [0.29, 0.717) is 5.56 Å². The van der Waals surface area contributed by atoms with E-state index in [0.717, 1.165) is 12.2 Å². The Balaban J connectivity index is 1.59. The van der Waals surface area contributed by atoms with Crippen LogP contribution in [0.1, 0.15) is 35.2 Å². The van der Waals surface area contributed by atoms with E-state index in [4.69, 9.17) is 0 Å². The van der Waals surface area contributed by atoms with Crippen molar-refractivity contribution in [2.24, 2.45) is 0 Å². The fourth-order valence-electron chi connectivity index (χ4n) is 2.68. The molecule has 2 aromatic rings. The van der Waals surface area contributed by atoms with Gasteiger partial charge in [0, 0.05) is 17.5 Å². The largest absolute Gasteiger partial charge is 0.321 e. The lowest BCUT2D eigenvalue weighted by Gasteiger charge is -2.26. The van der Waals surface area contributed by atoms with Crippen LogP contribution in [-0.4, -0.2) is 23.9 Å². The molecule has 0 atom stereocenters. The normalized spacial score (nSPS) is 15.8. The minimum atomic E-state index is -0.0436. The van der Waals surface area contributed by atoms with Crippen molar-refractivity contribution in [2.75, 3.05) is 18.4 Å². The molecule has 0 aliphatic carbocycles. The molecule has 1 saturated heterocycles. The molecule has 1 aromatic heterocycles. The molecule has 0 spiro atoms. The first-order valence-corrected chi connectivity index (χ1v) is 8.40. The number of anilines is 1. The maximum absolute atomic E-state index is 12.1. The number of rotatable bonds is 4. The van der Waals surface area contributed by atoms with Gasteiger partial charge in [-0.3, -0.25) is 9.69 Å². The topological polar surface area (TPSA) is 32.3 Å². The summed E-state index contributed by atoms with van der Waals surface area (Å²) in [5.41, 5.74) is 2.86. The number of likely N-dealkylation sites (tertiary alicyclic amines) is 1. The predicted octanol–water partition coefficient (Wildman–Crippen LogP) is 3.99. The van der Waals surface area contributed by atoms with Crippen LogP contribution in [0.4, 0.5) is 5.69 Å². The van der Waals surface area contributed by atoms with Crippen LogP contribution in [0.15, 0.2) is 41.1 Å². The highest BCUT2D eigenvalue weighted by atomic mass is 32.1. The van der Waals surface area contributed by atoms with Crippen molar-refractivity contribution in [2.45, 2.75) is 25.8 Å². The van der Waals surface area contributed by atoms with E-state index in [9.17, 15) is 4.79 Å². The minimum absolute atomic E-state index is 0.0436. The molecule has 3 rings (SSSR count). The Morgan fingerprint density at radius 1 is 1.10 bits per heavy atom. The van der Waals surface area contributed by atoms with Crippen LogP contribution in [0.25, 0.3) is 0 Å². The summed E-state index contributed by atoms with van der Waals surface area (Å²) in [4.78, 5) is 14.6. The van der Waals surface area contributed by atoms with Crippen molar-refractivity contribution in [3.63, 3.8) is 0 Å². The zero-order valence-corrected chi connectivity index (χ0v) is 12.9. The lowest BCUT2D eigenvalue weighted by molar-refractivity contribution is 0.102. The summed E-state index contributed by atoms with van der Waals surface area (Å²) in [6, 6.07) is 9.88. The van der Waals surface area contributed by atoms with Crippen LogP contribution in [0, 0.1) is 0 Å². The number of piperidine rings is 1. The SMILES string of the molecule is O=C(Nc1ccsc1)c1ccc(CN2CCCCC2)cc1. The first kappa shape index (κ1) is 14.3. The number of thiophene rings is 1. The number of nitrogens with one attached hydrogen (secondary N) is 1. The Bertz CT molecular complexity index is 571. The Hall–Kier alpha value is -1.65. The maximum atomic E-state index is 12.1. The average molecular weight is 300 g/mol. The molecule has 0 unspecified atom stereocenters. The van der Waals surface area contributed by atoms with E-state index < -0.39 is 0 Å². The van der Waals surface area contributed by atoms with Gasteiger partial charge in [-0.15, -0.1) is 0 Å². The van der Waals surface area contributed by atoms with Gasteiger partial charge in [0.15, 0.2) is 0 Å². The molecule has 1 aliphatic heterocycles. The number of hydrogen-bond acceptors (Lipinski definition) is 3. The van der Waals surface area contributed by atoms with Crippen LogP contribution in [-0.2, 0) is 6.54 Å². The Kier molecular flexibility index (Phi) is 4.68. The molecule has 1 fully saturated rings. The third-order valence-electron chi connectivity index (χ3n) is 3.85. The van der Waals surface area contributed by atoms with Crippen LogP contribution >= 0.6 is 11.3 Å². The monoisotopic (exact) mass is 300 g/mol. The Morgan fingerprint density at radius 3 is 2.52 bits per heavy atom. The van der Waals surface area contributed by atoms with Crippen molar-refractivity contribution in [3.05, 3.63) is 52.2 Å².